The molecule has 0 atom stereocenters. The van der Waals surface area contributed by atoms with Gasteiger partial charge in [-0.2, -0.15) is 13.2 Å². The average Bonchev–Trinajstić information content (AvgIpc) is 2.84. The third-order valence-corrected chi connectivity index (χ3v) is 5.95. The molecule has 36 heavy (non-hydrogen) atoms. The number of hydrogen-bond acceptors (Lipinski definition) is 5. The van der Waals surface area contributed by atoms with Crippen LogP contribution < -0.4 is 20.1 Å². The van der Waals surface area contributed by atoms with Crippen LogP contribution in [0.25, 0.3) is 0 Å². The van der Waals surface area contributed by atoms with Gasteiger partial charge in [0.1, 0.15) is 6.10 Å². The van der Waals surface area contributed by atoms with E-state index >= 15 is 0 Å². The maximum Gasteiger partial charge on any atom is 0.416 e. The van der Waals surface area contributed by atoms with Gasteiger partial charge in [-0.1, -0.05) is 12.1 Å². The van der Waals surface area contributed by atoms with E-state index in [1.54, 1.807) is 18.2 Å². The first-order valence-electron chi connectivity index (χ1n) is 11.9. The van der Waals surface area contributed by atoms with Crippen molar-refractivity contribution in [3.63, 3.8) is 0 Å². The molecular weight excluding hydrogens is 475 g/mol. The van der Waals surface area contributed by atoms with Crippen LogP contribution in [0.4, 0.5) is 13.2 Å². The van der Waals surface area contributed by atoms with Crippen molar-refractivity contribution in [1.82, 2.24) is 15.5 Å². The van der Waals surface area contributed by atoms with Crippen LogP contribution in [-0.2, 0) is 17.5 Å². The lowest BCUT2D eigenvalue weighted by atomic mass is 10.1. The second-order valence-electron chi connectivity index (χ2n) is 8.75. The van der Waals surface area contributed by atoms with Crippen molar-refractivity contribution in [3.05, 3.63) is 59.2 Å². The maximum atomic E-state index is 12.7. The van der Waals surface area contributed by atoms with Gasteiger partial charge < -0.3 is 20.1 Å². The quantitative estimate of drug-likeness (QED) is 0.475. The molecule has 2 aromatic rings. The van der Waals surface area contributed by atoms with Crippen LogP contribution in [0.2, 0.25) is 0 Å². The second-order valence-corrected chi connectivity index (χ2v) is 8.75. The summed E-state index contributed by atoms with van der Waals surface area (Å²) in [5, 5.41) is 5.49. The monoisotopic (exact) mass is 507 g/mol. The Morgan fingerprint density at radius 3 is 2.28 bits per heavy atom. The normalized spacial score (nSPS) is 14.8. The fourth-order valence-electron chi connectivity index (χ4n) is 3.99. The van der Waals surface area contributed by atoms with Crippen molar-refractivity contribution < 1.29 is 32.2 Å². The molecule has 1 aliphatic heterocycles. The summed E-state index contributed by atoms with van der Waals surface area (Å²) in [7, 11) is 1.52. The molecular formula is C26H32F3N3O4. The number of ether oxygens (including phenoxy) is 2. The van der Waals surface area contributed by atoms with Gasteiger partial charge in [0, 0.05) is 45.2 Å². The Morgan fingerprint density at radius 2 is 1.67 bits per heavy atom. The number of halogens is 3. The Hall–Kier alpha value is -3.27. The molecule has 7 nitrogen and oxygen atoms in total. The Kier molecular flexibility index (Phi) is 9.58. The minimum atomic E-state index is -4.33. The predicted molar refractivity (Wildman–Crippen MR) is 129 cm³/mol. The van der Waals surface area contributed by atoms with E-state index in [4.69, 9.17) is 9.47 Å². The lowest BCUT2D eigenvalue weighted by Crippen LogP contribution is -2.37. The molecule has 1 saturated heterocycles. The number of rotatable bonds is 10. The Labute approximate surface area is 208 Å². The van der Waals surface area contributed by atoms with Crippen molar-refractivity contribution in [3.8, 4) is 11.5 Å². The highest BCUT2D eigenvalue weighted by molar-refractivity contribution is 5.94. The number of hydrogen-bond donors (Lipinski definition) is 2. The molecule has 0 radical (unpaired) electrons. The Bertz CT molecular complexity index is 1020. The van der Waals surface area contributed by atoms with Gasteiger partial charge in [-0.15, -0.1) is 0 Å². The molecule has 0 spiro atoms. The summed E-state index contributed by atoms with van der Waals surface area (Å²) in [6, 6.07) is 10.3. The van der Waals surface area contributed by atoms with E-state index in [1.807, 2.05) is 0 Å². The van der Waals surface area contributed by atoms with Gasteiger partial charge >= 0.3 is 6.18 Å². The number of alkyl halides is 3. The summed E-state index contributed by atoms with van der Waals surface area (Å²) >= 11 is 0. The van der Waals surface area contributed by atoms with Gasteiger partial charge in [0.2, 0.25) is 5.91 Å². The summed E-state index contributed by atoms with van der Waals surface area (Å²) in [6.45, 7) is 4.48. The van der Waals surface area contributed by atoms with E-state index in [0.29, 0.717) is 43.1 Å². The number of nitrogens with one attached hydrogen (secondary N) is 2. The Balaban J connectivity index is 1.47. The van der Waals surface area contributed by atoms with E-state index in [9.17, 15) is 22.8 Å². The number of likely N-dealkylation sites (tertiary alicyclic amines) is 1. The predicted octanol–water partition coefficient (Wildman–Crippen LogP) is 4.01. The molecule has 1 aliphatic rings. The van der Waals surface area contributed by atoms with Gasteiger partial charge in [0.25, 0.3) is 5.91 Å². The molecule has 0 aliphatic carbocycles. The standard InChI is InChI=1S/C26H32F3N3O4/c1-18(33)30-12-3-13-31-25(34)20-6-9-23(24(16-20)35-2)36-22-10-14-32(15-11-22)17-19-4-7-21(8-5-19)26(27,28)29/h4-9,16,22H,3,10-15,17H2,1-2H3,(H,30,33)(H,31,34). The highest BCUT2D eigenvalue weighted by Crippen LogP contribution is 2.32. The van der Waals surface area contributed by atoms with E-state index in [2.05, 4.69) is 15.5 Å². The summed E-state index contributed by atoms with van der Waals surface area (Å²) < 4.78 is 49.8. The first-order chi connectivity index (χ1) is 17.2. The number of nitrogens with zero attached hydrogens (tertiary/aromatic N) is 1. The number of carbonyl (C=O) groups is 2. The van der Waals surface area contributed by atoms with Gasteiger partial charge in [-0.05, 0) is 55.2 Å². The van der Waals surface area contributed by atoms with E-state index < -0.39 is 11.7 Å². The largest absolute Gasteiger partial charge is 0.493 e. The summed E-state index contributed by atoms with van der Waals surface area (Å²) in [5.41, 5.74) is 0.649. The SMILES string of the molecule is COc1cc(C(=O)NCCCNC(C)=O)ccc1OC1CCN(Cc2ccc(C(F)(F)F)cc2)CC1. The lowest BCUT2D eigenvalue weighted by Gasteiger charge is -2.32. The number of benzene rings is 2. The zero-order valence-electron chi connectivity index (χ0n) is 20.5. The number of amides is 2. The topological polar surface area (TPSA) is 79.9 Å². The third-order valence-electron chi connectivity index (χ3n) is 5.95. The number of methoxy groups -OCH3 is 1. The highest BCUT2D eigenvalue weighted by Gasteiger charge is 2.30. The van der Waals surface area contributed by atoms with Gasteiger partial charge in [-0.25, -0.2) is 0 Å². The first kappa shape index (κ1) is 27.3. The summed E-state index contributed by atoms with van der Waals surface area (Å²) in [4.78, 5) is 25.5. The summed E-state index contributed by atoms with van der Waals surface area (Å²) in [5.74, 6) is 0.680. The molecule has 2 aromatic carbocycles. The minimum absolute atomic E-state index is 0.0313. The van der Waals surface area contributed by atoms with Crippen molar-refractivity contribution >= 4 is 11.8 Å². The van der Waals surface area contributed by atoms with E-state index in [-0.39, 0.29) is 17.9 Å². The van der Waals surface area contributed by atoms with Crippen LogP contribution in [0.5, 0.6) is 11.5 Å². The van der Waals surface area contributed by atoms with Crippen molar-refractivity contribution in [2.24, 2.45) is 0 Å². The molecule has 1 heterocycles. The van der Waals surface area contributed by atoms with Crippen molar-refractivity contribution in [2.75, 3.05) is 33.3 Å². The van der Waals surface area contributed by atoms with Crippen LogP contribution in [0.15, 0.2) is 42.5 Å². The molecule has 2 amide bonds. The lowest BCUT2D eigenvalue weighted by molar-refractivity contribution is -0.137. The summed E-state index contributed by atoms with van der Waals surface area (Å²) in [6.07, 6.45) is -2.20. The van der Waals surface area contributed by atoms with Gasteiger partial charge in [0.15, 0.2) is 11.5 Å². The first-order valence-corrected chi connectivity index (χ1v) is 11.9. The third kappa shape index (κ3) is 8.15. The van der Waals surface area contributed by atoms with Crippen LogP contribution in [0.3, 0.4) is 0 Å². The highest BCUT2D eigenvalue weighted by atomic mass is 19.4. The number of carbonyl (C=O) groups excluding carboxylic acids is 2. The zero-order chi connectivity index (χ0) is 26.1. The molecule has 2 N–H and O–H groups in total. The molecule has 3 rings (SSSR count). The second kappa shape index (κ2) is 12.6. The maximum absolute atomic E-state index is 12.7. The molecule has 196 valence electrons. The van der Waals surface area contributed by atoms with Crippen LogP contribution in [0.1, 0.15) is 47.7 Å². The van der Waals surface area contributed by atoms with Crippen molar-refractivity contribution in [2.45, 2.75) is 45.0 Å². The fourth-order valence-corrected chi connectivity index (χ4v) is 3.99. The van der Waals surface area contributed by atoms with Crippen LogP contribution in [0, 0.1) is 0 Å². The molecule has 0 saturated carbocycles. The van der Waals surface area contributed by atoms with Crippen LogP contribution in [-0.4, -0.2) is 56.1 Å². The van der Waals surface area contributed by atoms with Gasteiger partial charge in [0.05, 0.1) is 12.7 Å². The van der Waals surface area contributed by atoms with E-state index in [1.165, 1.54) is 26.2 Å². The molecule has 0 aromatic heterocycles. The average molecular weight is 508 g/mol. The minimum Gasteiger partial charge on any atom is -0.493 e. The van der Waals surface area contributed by atoms with Gasteiger partial charge in [-0.3, -0.25) is 14.5 Å². The zero-order valence-corrected chi connectivity index (χ0v) is 20.5. The van der Waals surface area contributed by atoms with Crippen LogP contribution >= 0.6 is 0 Å². The molecule has 1 fully saturated rings. The smallest absolute Gasteiger partial charge is 0.416 e. The molecule has 0 bridgehead atoms. The van der Waals surface area contributed by atoms with E-state index in [0.717, 1.165) is 43.6 Å². The Morgan fingerprint density at radius 1 is 1.00 bits per heavy atom. The molecule has 0 unspecified atom stereocenters. The van der Waals surface area contributed by atoms with Crippen molar-refractivity contribution in [1.29, 1.82) is 0 Å². The number of piperidine rings is 1. The fraction of sp³-hybridized carbons (Fsp3) is 0.462. The molecule has 10 heteroatoms.